The van der Waals surface area contributed by atoms with Gasteiger partial charge in [0, 0.05) is 6.42 Å². The lowest BCUT2D eigenvalue weighted by atomic mass is 10.2. The van der Waals surface area contributed by atoms with Crippen LogP contribution < -0.4 is 14.2 Å². The van der Waals surface area contributed by atoms with Crippen molar-refractivity contribution in [2.45, 2.75) is 6.42 Å². The van der Waals surface area contributed by atoms with E-state index in [0.717, 1.165) is 0 Å². The van der Waals surface area contributed by atoms with E-state index in [9.17, 15) is 13.2 Å². The monoisotopic (exact) mass is 406 g/mol. The molecule has 148 valence electrons. The van der Waals surface area contributed by atoms with Gasteiger partial charge in [-0.3, -0.25) is 9.29 Å². The molecule has 0 aliphatic heterocycles. The second-order valence-corrected chi connectivity index (χ2v) is 7.39. The number of anilines is 1. The lowest BCUT2D eigenvalue weighted by molar-refractivity contribution is -0.107. The predicted octanol–water partition coefficient (Wildman–Crippen LogP) is 1.88. The Morgan fingerprint density at radius 2 is 1.86 bits per heavy atom. The predicted molar refractivity (Wildman–Crippen MR) is 100 cm³/mol. The Morgan fingerprint density at radius 3 is 2.43 bits per heavy atom. The second-order valence-electron chi connectivity index (χ2n) is 5.55. The summed E-state index contributed by atoms with van der Waals surface area (Å²) in [4.78, 5) is 10.5. The van der Waals surface area contributed by atoms with Gasteiger partial charge in [-0.05, 0) is 24.3 Å². The SMILES string of the molecule is COc1cccc(OC)c1-n1c(NS(=O)(=O)CCC=O)nnc1-c1ccco1. The Hall–Kier alpha value is -3.34. The molecule has 3 rings (SSSR count). The molecule has 0 saturated heterocycles. The first kappa shape index (κ1) is 19.4. The van der Waals surface area contributed by atoms with Crippen molar-refractivity contribution in [1.82, 2.24) is 14.8 Å². The topological polar surface area (TPSA) is 126 Å². The fourth-order valence-corrected chi connectivity index (χ4v) is 3.49. The summed E-state index contributed by atoms with van der Waals surface area (Å²) < 4.78 is 44.7. The Labute approximate surface area is 161 Å². The quantitative estimate of drug-likeness (QED) is 0.534. The van der Waals surface area contributed by atoms with Crippen molar-refractivity contribution in [3.8, 4) is 28.8 Å². The summed E-state index contributed by atoms with van der Waals surface area (Å²) in [5.74, 6) is 0.919. The first-order valence-corrected chi connectivity index (χ1v) is 9.80. The molecule has 0 saturated carbocycles. The van der Waals surface area contributed by atoms with E-state index in [-0.39, 0.29) is 23.9 Å². The van der Waals surface area contributed by atoms with Gasteiger partial charge in [-0.2, -0.15) is 0 Å². The minimum absolute atomic E-state index is 0.0971. The molecule has 0 aliphatic carbocycles. The summed E-state index contributed by atoms with van der Waals surface area (Å²) in [5.41, 5.74) is 0.386. The summed E-state index contributed by atoms with van der Waals surface area (Å²) in [5, 5.41) is 8.02. The lowest BCUT2D eigenvalue weighted by Crippen LogP contribution is -2.20. The highest BCUT2D eigenvalue weighted by atomic mass is 32.2. The minimum Gasteiger partial charge on any atom is -0.494 e. The van der Waals surface area contributed by atoms with Crippen LogP contribution in [0.25, 0.3) is 17.3 Å². The third-order valence-corrected chi connectivity index (χ3v) is 5.05. The number of para-hydroxylation sites is 1. The van der Waals surface area contributed by atoms with E-state index in [1.54, 1.807) is 30.3 Å². The van der Waals surface area contributed by atoms with Gasteiger partial charge in [0.05, 0.1) is 26.2 Å². The van der Waals surface area contributed by atoms with Gasteiger partial charge in [0.25, 0.3) is 0 Å². The number of furan rings is 1. The molecule has 0 unspecified atom stereocenters. The van der Waals surface area contributed by atoms with Crippen LogP contribution in [0.5, 0.6) is 11.5 Å². The molecule has 1 N–H and O–H groups in total. The maximum atomic E-state index is 12.3. The van der Waals surface area contributed by atoms with Gasteiger partial charge in [-0.1, -0.05) is 6.07 Å². The van der Waals surface area contributed by atoms with Crippen LogP contribution in [0.4, 0.5) is 5.95 Å². The van der Waals surface area contributed by atoms with Crippen LogP contribution in [-0.2, 0) is 14.8 Å². The fraction of sp³-hybridized carbons (Fsp3) is 0.235. The van der Waals surface area contributed by atoms with E-state index in [2.05, 4.69) is 14.9 Å². The van der Waals surface area contributed by atoms with Gasteiger partial charge in [0.15, 0.2) is 5.76 Å². The zero-order chi connectivity index (χ0) is 20.1. The highest BCUT2D eigenvalue weighted by Gasteiger charge is 2.25. The summed E-state index contributed by atoms with van der Waals surface area (Å²) in [6.07, 6.45) is 1.84. The highest BCUT2D eigenvalue weighted by Crippen LogP contribution is 2.37. The molecule has 0 fully saturated rings. The third kappa shape index (κ3) is 3.83. The average Bonchev–Trinajstić information content (AvgIpc) is 3.35. The number of nitrogens with zero attached hydrogens (tertiary/aromatic N) is 3. The number of ether oxygens (including phenoxy) is 2. The number of sulfonamides is 1. The van der Waals surface area contributed by atoms with Crippen molar-refractivity contribution in [3.63, 3.8) is 0 Å². The molecular weight excluding hydrogens is 388 g/mol. The minimum atomic E-state index is -3.84. The van der Waals surface area contributed by atoms with Crippen molar-refractivity contribution in [3.05, 3.63) is 36.6 Å². The molecule has 0 amide bonds. The first-order valence-electron chi connectivity index (χ1n) is 8.15. The zero-order valence-electron chi connectivity index (χ0n) is 15.2. The maximum Gasteiger partial charge on any atom is 0.243 e. The Balaban J connectivity index is 2.21. The van der Waals surface area contributed by atoms with Crippen molar-refractivity contribution in [2.75, 3.05) is 24.7 Å². The van der Waals surface area contributed by atoms with Crippen molar-refractivity contribution in [2.24, 2.45) is 0 Å². The Morgan fingerprint density at radius 1 is 1.14 bits per heavy atom. The van der Waals surface area contributed by atoms with Crippen LogP contribution >= 0.6 is 0 Å². The van der Waals surface area contributed by atoms with Gasteiger partial charge in [-0.15, -0.1) is 10.2 Å². The lowest BCUT2D eigenvalue weighted by Gasteiger charge is -2.17. The van der Waals surface area contributed by atoms with Crippen LogP contribution in [0.2, 0.25) is 0 Å². The summed E-state index contributed by atoms with van der Waals surface area (Å²) in [6, 6.07) is 8.43. The van der Waals surface area contributed by atoms with Crippen LogP contribution in [0.15, 0.2) is 41.0 Å². The van der Waals surface area contributed by atoms with Crippen LogP contribution in [-0.4, -0.2) is 49.4 Å². The molecule has 11 heteroatoms. The summed E-state index contributed by atoms with van der Waals surface area (Å²) in [6.45, 7) is 0. The number of aldehydes is 1. The van der Waals surface area contributed by atoms with Gasteiger partial charge in [0.1, 0.15) is 23.5 Å². The number of aromatic nitrogens is 3. The van der Waals surface area contributed by atoms with E-state index in [1.165, 1.54) is 25.0 Å². The molecule has 2 aromatic heterocycles. The van der Waals surface area contributed by atoms with Gasteiger partial charge >= 0.3 is 0 Å². The number of hydrogen-bond acceptors (Lipinski definition) is 8. The van der Waals surface area contributed by atoms with E-state index in [0.29, 0.717) is 29.2 Å². The standard InChI is InChI=1S/C17H18N4O6S/c1-25-12-6-3-7-13(26-2)15(12)21-16(14-8-4-10-27-14)18-19-17(21)20-28(23,24)11-5-9-22/h3-4,6-10H,5,11H2,1-2H3,(H,19,20). The number of carbonyl (C=O) groups is 1. The molecule has 2 heterocycles. The van der Waals surface area contributed by atoms with E-state index in [4.69, 9.17) is 13.9 Å². The number of hydrogen-bond donors (Lipinski definition) is 1. The van der Waals surface area contributed by atoms with Crippen molar-refractivity contribution in [1.29, 1.82) is 0 Å². The first-order chi connectivity index (χ1) is 13.5. The Bertz CT molecular complexity index is 1040. The molecule has 28 heavy (non-hydrogen) atoms. The number of carbonyl (C=O) groups excluding carboxylic acids is 1. The van der Waals surface area contributed by atoms with Crippen molar-refractivity contribution >= 4 is 22.3 Å². The van der Waals surface area contributed by atoms with Gasteiger partial charge in [0.2, 0.25) is 21.8 Å². The second kappa shape index (κ2) is 8.13. The molecule has 10 nitrogen and oxygen atoms in total. The highest BCUT2D eigenvalue weighted by molar-refractivity contribution is 7.92. The van der Waals surface area contributed by atoms with Gasteiger partial charge < -0.3 is 18.7 Å². The largest absolute Gasteiger partial charge is 0.494 e. The number of rotatable bonds is 9. The number of nitrogens with one attached hydrogen (secondary N) is 1. The van der Waals surface area contributed by atoms with E-state index >= 15 is 0 Å². The maximum absolute atomic E-state index is 12.3. The summed E-state index contributed by atoms with van der Waals surface area (Å²) >= 11 is 0. The van der Waals surface area contributed by atoms with Crippen molar-refractivity contribution < 1.29 is 27.1 Å². The average molecular weight is 406 g/mol. The van der Waals surface area contributed by atoms with E-state index < -0.39 is 10.0 Å². The zero-order valence-corrected chi connectivity index (χ0v) is 16.0. The van der Waals surface area contributed by atoms with Crippen LogP contribution in [0.3, 0.4) is 0 Å². The Kier molecular flexibility index (Phi) is 5.64. The summed E-state index contributed by atoms with van der Waals surface area (Å²) in [7, 11) is -0.888. The van der Waals surface area contributed by atoms with Crippen LogP contribution in [0.1, 0.15) is 6.42 Å². The fourth-order valence-electron chi connectivity index (χ4n) is 2.57. The molecule has 0 spiro atoms. The number of benzene rings is 1. The smallest absolute Gasteiger partial charge is 0.243 e. The van der Waals surface area contributed by atoms with Gasteiger partial charge in [-0.25, -0.2) is 8.42 Å². The number of methoxy groups -OCH3 is 2. The molecule has 0 atom stereocenters. The molecule has 0 radical (unpaired) electrons. The normalized spacial score (nSPS) is 11.2. The molecule has 0 aliphatic rings. The third-order valence-electron chi connectivity index (χ3n) is 3.78. The van der Waals surface area contributed by atoms with E-state index in [1.807, 2.05) is 0 Å². The van der Waals surface area contributed by atoms with Crippen LogP contribution in [0, 0.1) is 0 Å². The molecular formula is C17H18N4O6S. The molecule has 0 bridgehead atoms. The molecule has 3 aromatic rings. The molecule has 1 aromatic carbocycles.